The van der Waals surface area contributed by atoms with Gasteiger partial charge in [-0.1, -0.05) is 13.8 Å². The summed E-state index contributed by atoms with van der Waals surface area (Å²) in [5.74, 6) is 1.53. The van der Waals surface area contributed by atoms with Gasteiger partial charge in [-0.05, 0) is 35.7 Å². The van der Waals surface area contributed by atoms with Gasteiger partial charge >= 0.3 is 0 Å². The van der Waals surface area contributed by atoms with E-state index < -0.39 is 0 Å². The summed E-state index contributed by atoms with van der Waals surface area (Å²) in [5.41, 5.74) is 2.10. The third-order valence-electron chi connectivity index (χ3n) is 2.83. The van der Waals surface area contributed by atoms with Crippen LogP contribution in [0.15, 0.2) is 10.7 Å². The predicted molar refractivity (Wildman–Crippen MR) is 74.2 cm³/mol. The van der Waals surface area contributed by atoms with E-state index in [0.717, 1.165) is 40.0 Å². The molecule has 92 valence electrons. The number of hydrogen-bond donors (Lipinski definition) is 0. The highest BCUT2D eigenvalue weighted by Crippen LogP contribution is 2.27. The summed E-state index contributed by atoms with van der Waals surface area (Å²) in [4.78, 5) is 9.29. The molecule has 2 aromatic rings. The molecule has 0 bridgehead atoms. The molecule has 0 saturated carbocycles. The number of aryl methyl sites for hydroxylation is 2. The van der Waals surface area contributed by atoms with Crippen molar-refractivity contribution < 1.29 is 0 Å². The predicted octanol–water partition coefficient (Wildman–Crippen LogP) is 3.72. The van der Waals surface area contributed by atoms with E-state index in [1.54, 1.807) is 0 Å². The fourth-order valence-electron chi connectivity index (χ4n) is 2.06. The van der Waals surface area contributed by atoms with Crippen LogP contribution in [0.25, 0.3) is 11.0 Å². The lowest BCUT2D eigenvalue weighted by atomic mass is 10.1. The lowest BCUT2D eigenvalue weighted by Gasteiger charge is -2.07. The molecule has 0 aliphatic heterocycles. The summed E-state index contributed by atoms with van der Waals surface area (Å²) >= 11 is 3.58. The monoisotopic (exact) mass is 295 g/mol. The second-order valence-electron chi connectivity index (χ2n) is 4.78. The van der Waals surface area contributed by atoms with Crippen molar-refractivity contribution >= 4 is 27.0 Å². The van der Waals surface area contributed by atoms with E-state index in [1.165, 1.54) is 0 Å². The SMILES string of the molecule is CCn1cc(Br)c2c(C)nc(CC(C)C)nc21. The van der Waals surface area contributed by atoms with E-state index in [4.69, 9.17) is 0 Å². The Morgan fingerprint density at radius 2 is 2.06 bits per heavy atom. The minimum Gasteiger partial charge on any atom is -0.332 e. The third kappa shape index (κ3) is 2.37. The lowest BCUT2D eigenvalue weighted by molar-refractivity contribution is 0.619. The Kier molecular flexibility index (Phi) is 3.52. The first-order valence-corrected chi connectivity index (χ1v) is 6.84. The first-order chi connectivity index (χ1) is 8.02. The highest BCUT2D eigenvalue weighted by Gasteiger charge is 2.13. The molecule has 2 heterocycles. The zero-order chi connectivity index (χ0) is 12.6. The van der Waals surface area contributed by atoms with Crippen LogP contribution < -0.4 is 0 Å². The smallest absolute Gasteiger partial charge is 0.145 e. The highest BCUT2D eigenvalue weighted by molar-refractivity contribution is 9.10. The highest BCUT2D eigenvalue weighted by atomic mass is 79.9. The van der Waals surface area contributed by atoms with E-state index in [2.05, 4.69) is 64.4 Å². The number of halogens is 1. The molecule has 0 aliphatic carbocycles. The van der Waals surface area contributed by atoms with Gasteiger partial charge < -0.3 is 4.57 Å². The summed E-state index contributed by atoms with van der Waals surface area (Å²) in [6.45, 7) is 9.50. The first-order valence-electron chi connectivity index (χ1n) is 6.04. The van der Waals surface area contributed by atoms with Crippen molar-refractivity contribution in [2.75, 3.05) is 0 Å². The van der Waals surface area contributed by atoms with Crippen LogP contribution in [0.1, 0.15) is 32.3 Å². The number of nitrogens with zero attached hydrogens (tertiary/aromatic N) is 3. The van der Waals surface area contributed by atoms with Gasteiger partial charge in [0.05, 0.1) is 11.1 Å². The first kappa shape index (κ1) is 12.6. The molecule has 0 fully saturated rings. The zero-order valence-corrected chi connectivity index (χ0v) is 12.4. The number of fused-ring (bicyclic) bond motifs is 1. The van der Waals surface area contributed by atoms with Crippen molar-refractivity contribution in [3.63, 3.8) is 0 Å². The van der Waals surface area contributed by atoms with Crippen LogP contribution in [0.3, 0.4) is 0 Å². The van der Waals surface area contributed by atoms with E-state index >= 15 is 0 Å². The molecule has 0 N–H and O–H groups in total. The Labute approximate surface area is 110 Å². The van der Waals surface area contributed by atoms with Crippen LogP contribution in [-0.2, 0) is 13.0 Å². The van der Waals surface area contributed by atoms with Gasteiger partial charge in [0.15, 0.2) is 0 Å². The Hall–Kier alpha value is -0.900. The second kappa shape index (κ2) is 4.77. The lowest BCUT2D eigenvalue weighted by Crippen LogP contribution is -2.04. The largest absolute Gasteiger partial charge is 0.332 e. The molecular formula is C13H18BrN3. The Morgan fingerprint density at radius 3 is 2.65 bits per heavy atom. The molecule has 0 unspecified atom stereocenters. The normalized spacial score (nSPS) is 11.6. The van der Waals surface area contributed by atoms with Crippen LogP contribution in [0.4, 0.5) is 0 Å². The Bertz CT molecular complexity index is 543. The fourth-order valence-corrected chi connectivity index (χ4v) is 2.77. The molecule has 0 spiro atoms. The van der Waals surface area contributed by atoms with Crippen LogP contribution in [-0.4, -0.2) is 14.5 Å². The standard InChI is InChI=1S/C13H18BrN3/c1-5-17-7-10(14)12-9(4)15-11(6-8(2)3)16-13(12)17/h7-8H,5-6H2,1-4H3. The van der Waals surface area contributed by atoms with Crippen LogP contribution >= 0.6 is 15.9 Å². The van der Waals surface area contributed by atoms with Gasteiger partial charge in [-0.25, -0.2) is 9.97 Å². The van der Waals surface area contributed by atoms with E-state index in [9.17, 15) is 0 Å². The maximum Gasteiger partial charge on any atom is 0.145 e. The Morgan fingerprint density at radius 1 is 1.35 bits per heavy atom. The fraction of sp³-hybridized carbons (Fsp3) is 0.538. The minimum atomic E-state index is 0.584. The molecule has 2 rings (SSSR count). The molecule has 0 atom stereocenters. The second-order valence-corrected chi connectivity index (χ2v) is 5.64. The summed E-state index contributed by atoms with van der Waals surface area (Å²) in [6, 6.07) is 0. The molecule has 0 saturated heterocycles. The molecule has 17 heavy (non-hydrogen) atoms. The van der Waals surface area contributed by atoms with Gasteiger partial charge in [0.25, 0.3) is 0 Å². The Balaban J connectivity index is 2.62. The number of hydrogen-bond acceptors (Lipinski definition) is 2. The average Bonchev–Trinajstić information content (AvgIpc) is 2.54. The van der Waals surface area contributed by atoms with Crippen molar-refractivity contribution in [1.82, 2.24) is 14.5 Å². The topological polar surface area (TPSA) is 30.7 Å². The van der Waals surface area contributed by atoms with E-state index in [1.807, 2.05) is 0 Å². The van der Waals surface area contributed by atoms with Crippen molar-refractivity contribution in [3.05, 3.63) is 22.2 Å². The van der Waals surface area contributed by atoms with E-state index in [0.29, 0.717) is 5.92 Å². The number of aromatic nitrogens is 3. The van der Waals surface area contributed by atoms with Crippen molar-refractivity contribution in [3.8, 4) is 0 Å². The molecule has 0 aliphatic rings. The summed E-state index contributed by atoms with van der Waals surface area (Å²) in [7, 11) is 0. The molecule has 3 nitrogen and oxygen atoms in total. The molecular weight excluding hydrogens is 278 g/mol. The zero-order valence-electron chi connectivity index (χ0n) is 10.8. The van der Waals surface area contributed by atoms with Gasteiger partial charge in [0.2, 0.25) is 0 Å². The third-order valence-corrected chi connectivity index (χ3v) is 3.43. The summed E-state index contributed by atoms with van der Waals surface area (Å²) in [6.07, 6.45) is 3.02. The van der Waals surface area contributed by atoms with Crippen LogP contribution in [0, 0.1) is 12.8 Å². The van der Waals surface area contributed by atoms with Gasteiger partial charge in [0.1, 0.15) is 11.5 Å². The maximum atomic E-state index is 4.69. The van der Waals surface area contributed by atoms with Crippen molar-refractivity contribution in [1.29, 1.82) is 0 Å². The molecule has 2 aromatic heterocycles. The van der Waals surface area contributed by atoms with E-state index in [-0.39, 0.29) is 0 Å². The van der Waals surface area contributed by atoms with Crippen LogP contribution in [0.2, 0.25) is 0 Å². The van der Waals surface area contributed by atoms with Crippen molar-refractivity contribution in [2.24, 2.45) is 5.92 Å². The molecule has 0 aromatic carbocycles. The van der Waals surface area contributed by atoms with Crippen molar-refractivity contribution in [2.45, 2.75) is 40.7 Å². The van der Waals surface area contributed by atoms with Gasteiger partial charge in [-0.2, -0.15) is 0 Å². The quantitative estimate of drug-likeness (QED) is 0.864. The van der Waals surface area contributed by atoms with Gasteiger partial charge in [0, 0.05) is 23.6 Å². The molecule has 0 amide bonds. The van der Waals surface area contributed by atoms with Gasteiger partial charge in [-0.3, -0.25) is 0 Å². The molecule has 4 heteroatoms. The van der Waals surface area contributed by atoms with Gasteiger partial charge in [-0.15, -0.1) is 0 Å². The average molecular weight is 296 g/mol. The maximum absolute atomic E-state index is 4.69. The van der Waals surface area contributed by atoms with Crippen LogP contribution in [0.5, 0.6) is 0 Å². The molecule has 0 radical (unpaired) electrons. The summed E-state index contributed by atoms with van der Waals surface area (Å²) < 4.78 is 3.25. The summed E-state index contributed by atoms with van der Waals surface area (Å²) in [5, 5.41) is 1.14. The minimum absolute atomic E-state index is 0.584. The number of rotatable bonds is 3.